The molecule has 0 spiro atoms. The number of carbonyl (C=O) groups excluding carboxylic acids is 1. The quantitative estimate of drug-likeness (QED) is 0.623. The molecular formula is C9H19NO3. The van der Waals surface area contributed by atoms with Gasteiger partial charge in [0.2, 0.25) is 0 Å². The van der Waals surface area contributed by atoms with Crippen molar-refractivity contribution in [3.8, 4) is 0 Å². The van der Waals surface area contributed by atoms with Crippen LogP contribution in [0.3, 0.4) is 0 Å². The molecule has 0 heterocycles. The molecule has 0 aromatic rings. The molecule has 0 saturated carbocycles. The molecule has 0 amide bonds. The SMILES string of the molecule is CC(C)(C)OC(=O)C(CO)CCN. The number of hydrogen-bond acceptors (Lipinski definition) is 4. The monoisotopic (exact) mass is 189 g/mol. The molecule has 78 valence electrons. The van der Waals surface area contributed by atoms with Crippen molar-refractivity contribution in [3.63, 3.8) is 0 Å². The maximum Gasteiger partial charge on any atom is 0.311 e. The summed E-state index contributed by atoms with van der Waals surface area (Å²) in [5.41, 5.74) is 4.79. The van der Waals surface area contributed by atoms with Crippen molar-refractivity contribution >= 4 is 5.97 Å². The molecule has 3 N–H and O–H groups in total. The van der Waals surface area contributed by atoms with Gasteiger partial charge in [-0.3, -0.25) is 4.79 Å². The molecule has 0 fully saturated rings. The van der Waals surface area contributed by atoms with Gasteiger partial charge >= 0.3 is 5.97 Å². The van der Waals surface area contributed by atoms with Crippen molar-refractivity contribution in [1.82, 2.24) is 0 Å². The van der Waals surface area contributed by atoms with Gasteiger partial charge in [0.05, 0.1) is 12.5 Å². The van der Waals surface area contributed by atoms with Crippen LogP contribution in [0.15, 0.2) is 0 Å². The molecule has 0 radical (unpaired) electrons. The van der Waals surface area contributed by atoms with E-state index in [1.165, 1.54) is 0 Å². The molecule has 13 heavy (non-hydrogen) atoms. The van der Waals surface area contributed by atoms with Crippen molar-refractivity contribution in [1.29, 1.82) is 0 Å². The van der Waals surface area contributed by atoms with Crippen molar-refractivity contribution in [2.45, 2.75) is 32.8 Å². The van der Waals surface area contributed by atoms with E-state index in [0.717, 1.165) is 0 Å². The molecular weight excluding hydrogens is 170 g/mol. The lowest BCUT2D eigenvalue weighted by atomic mass is 10.1. The number of aliphatic hydroxyl groups is 1. The van der Waals surface area contributed by atoms with Crippen molar-refractivity contribution in [3.05, 3.63) is 0 Å². The largest absolute Gasteiger partial charge is 0.460 e. The van der Waals surface area contributed by atoms with Crippen LogP contribution < -0.4 is 5.73 Å². The Morgan fingerprint density at radius 1 is 1.54 bits per heavy atom. The van der Waals surface area contributed by atoms with E-state index in [1.54, 1.807) is 20.8 Å². The fourth-order valence-electron chi connectivity index (χ4n) is 0.870. The Morgan fingerprint density at radius 2 is 2.08 bits per heavy atom. The van der Waals surface area contributed by atoms with E-state index in [1.807, 2.05) is 0 Å². The zero-order valence-electron chi connectivity index (χ0n) is 8.54. The minimum absolute atomic E-state index is 0.202. The lowest BCUT2D eigenvalue weighted by Crippen LogP contribution is -2.31. The first kappa shape index (κ1) is 12.4. The van der Waals surface area contributed by atoms with Gasteiger partial charge in [0.1, 0.15) is 5.60 Å². The highest BCUT2D eigenvalue weighted by molar-refractivity contribution is 5.73. The average Bonchev–Trinajstić information content (AvgIpc) is 1.96. The summed E-state index contributed by atoms with van der Waals surface area (Å²) in [6.07, 6.45) is 0.464. The van der Waals surface area contributed by atoms with E-state index in [4.69, 9.17) is 15.6 Å². The van der Waals surface area contributed by atoms with E-state index in [0.29, 0.717) is 13.0 Å². The van der Waals surface area contributed by atoms with Crippen LogP contribution in [0.1, 0.15) is 27.2 Å². The average molecular weight is 189 g/mol. The van der Waals surface area contributed by atoms with Crippen LogP contribution in [0.4, 0.5) is 0 Å². The molecule has 0 saturated heterocycles. The van der Waals surface area contributed by atoms with Gasteiger partial charge in [-0.2, -0.15) is 0 Å². The minimum atomic E-state index is -0.501. The summed E-state index contributed by atoms with van der Waals surface area (Å²) in [4.78, 5) is 11.3. The summed E-state index contributed by atoms with van der Waals surface area (Å²) in [7, 11) is 0. The third-order valence-corrected chi connectivity index (χ3v) is 1.48. The van der Waals surface area contributed by atoms with Gasteiger partial charge < -0.3 is 15.6 Å². The summed E-state index contributed by atoms with van der Waals surface area (Å²) < 4.78 is 5.09. The maximum absolute atomic E-state index is 11.3. The lowest BCUT2D eigenvalue weighted by molar-refractivity contribution is -0.161. The summed E-state index contributed by atoms with van der Waals surface area (Å²) in [6, 6.07) is 0. The molecule has 1 unspecified atom stereocenters. The van der Waals surface area contributed by atoms with E-state index in [9.17, 15) is 4.79 Å². The maximum atomic E-state index is 11.3. The Kier molecular flexibility index (Phi) is 4.95. The summed E-state index contributed by atoms with van der Waals surface area (Å²) >= 11 is 0. The predicted octanol–water partition coefficient (Wildman–Crippen LogP) is 0.285. The molecule has 0 rings (SSSR count). The molecule has 1 atom stereocenters. The fourth-order valence-corrected chi connectivity index (χ4v) is 0.870. The van der Waals surface area contributed by atoms with Crippen molar-refractivity contribution < 1.29 is 14.6 Å². The van der Waals surface area contributed by atoms with Crippen LogP contribution in [0.5, 0.6) is 0 Å². The zero-order chi connectivity index (χ0) is 10.5. The van der Waals surface area contributed by atoms with Gasteiger partial charge in [0, 0.05) is 0 Å². The van der Waals surface area contributed by atoms with Crippen molar-refractivity contribution in [2.24, 2.45) is 11.7 Å². The molecule has 4 heteroatoms. The van der Waals surface area contributed by atoms with Gasteiger partial charge in [-0.1, -0.05) is 0 Å². The number of rotatable bonds is 4. The van der Waals surface area contributed by atoms with Crippen LogP contribution in [-0.2, 0) is 9.53 Å². The first-order valence-electron chi connectivity index (χ1n) is 4.44. The highest BCUT2D eigenvalue weighted by Gasteiger charge is 2.23. The molecule has 0 aliphatic heterocycles. The van der Waals surface area contributed by atoms with Gasteiger partial charge in [0.25, 0.3) is 0 Å². The van der Waals surface area contributed by atoms with E-state index in [2.05, 4.69) is 0 Å². The normalized spacial score (nSPS) is 13.9. The van der Waals surface area contributed by atoms with Crippen LogP contribution in [0, 0.1) is 5.92 Å². The highest BCUT2D eigenvalue weighted by Crippen LogP contribution is 2.12. The second kappa shape index (κ2) is 5.19. The number of carbonyl (C=O) groups is 1. The Balaban J connectivity index is 4.06. The second-order valence-electron chi connectivity index (χ2n) is 3.99. The van der Waals surface area contributed by atoms with Crippen LogP contribution in [-0.4, -0.2) is 29.8 Å². The van der Waals surface area contributed by atoms with Crippen LogP contribution >= 0.6 is 0 Å². The first-order valence-corrected chi connectivity index (χ1v) is 4.44. The minimum Gasteiger partial charge on any atom is -0.460 e. The molecule has 0 aliphatic rings. The summed E-state index contributed by atoms with van der Waals surface area (Å²) in [5, 5.41) is 8.87. The molecule has 0 aromatic heterocycles. The topological polar surface area (TPSA) is 72.5 Å². The van der Waals surface area contributed by atoms with Gasteiger partial charge in [0.15, 0.2) is 0 Å². The third-order valence-electron chi connectivity index (χ3n) is 1.48. The lowest BCUT2D eigenvalue weighted by Gasteiger charge is -2.22. The Hall–Kier alpha value is -0.610. The molecule has 0 bridgehead atoms. The smallest absolute Gasteiger partial charge is 0.311 e. The highest BCUT2D eigenvalue weighted by atomic mass is 16.6. The second-order valence-corrected chi connectivity index (χ2v) is 3.99. The standard InChI is InChI=1S/C9H19NO3/c1-9(2,3)13-8(12)7(6-11)4-5-10/h7,11H,4-6,10H2,1-3H3. The number of hydrogen-bond donors (Lipinski definition) is 2. The fraction of sp³-hybridized carbons (Fsp3) is 0.889. The van der Waals surface area contributed by atoms with Gasteiger partial charge in [-0.25, -0.2) is 0 Å². The summed E-state index contributed by atoms with van der Waals surface area (Å²) in [6.45, 7) is 5.56. The van der Waals surface area contributed by atoms with E-state index >= 15 is 0 Å². The van der Waals surface area contributed by atoms with Crippen molar-refractivity contribution in [2.75, 3.05) is 13.2 Å². The van der Waals surface area contributed by atoms with E-state index in [-0.39, 0.29) is 12.6 Å². The molecule has 0 aliphatic carbocycles. The first-order chi connectivity index (χ1) is 5.90. The number of esters is 1. The summed E-state index contributed by atoms with van der Waals surface area (Å²) in [5.74, 6) is -0.857. The zero-order valence-corrected chi connectivity index (χ0v) is 8.54. The Labute approximate surface area is 79.1 Å². The van der Waals surface area contributed by atoms with Crippen LogP contribution in [0.2, 0.25) is 0 Å². The van der Waals surface area contributed by atoms with Gasteiger partial charge in [-0.05, 0) is 33.7 Å². The number of ether oxygens (including phenoxy) is 1. The van der Waals surface area contributed by atoms with E-state index < -0.39 is 11.5 Å². The van der Waals surface area contributed by atoms with Crippen LogP contribution in [0.25, 0.3) is 0 Å². The Morgan fingerprint density at radius 3 is 2.38 bits per heavy atom. The number of nitrogens with two attached hydrogens (primary N) is 1. The molecule has 0 aromatic carbocycles. The molecule has 4 nitrogen and oxygen atoms in total. The van der Waals surface area contributed by atoms with Gasteiger partial charge in [-0.15, -0.1) is 0 Å². The number of aliphatic hydroxyl groups excluding tert-OH is 1. The third kappa shape index (κ3) is 5.60. The Bertz CT molecular complexity index is 163. The predicted molar refractivity (Wildman–Crippen MR) is 50.1 cm³/mol.